The van der Waals surface area contributed by atoms with Gasteiger partial charge in [-0.3, -0.25) is 14.8 Å². The molecule has 6 nitrogen and oxygen atoms in total. The average Bonchev–Trinajstić information content (AvgIpc) is 3.14. The number of hydrogen-bond acceptors (Lipinski definition) is 4. The van der Waals surface area contributed by atoms with Crippen LogP contribution in [0.3, 0.4) is 0 Å². The summed E-state index contributed by atoms with van der Waals surface area (Å²) >= 11 is 5.96. The summed E-state index contributed by atoms with van der Waals surface area (Å²) in [7, 11) is 0. The molecule has 0 bridgehead atoms. The molecular weight excluding hydrogens is 402 g/mol. The van der Waals surface area contributed by atoms with Gasteiger partial charge >= 0.3 is 0 Å². The van der Waals surface area contributed by atoms with E-state index in [-0.39, 0.29) is 17.1 Å². The van der Waals surface area contributed by atoms with Crippen LogP contribution in [0.25, 0.3) is 17.1 Å². The minimum Gasteiger partial charge on any atom is -0.379 e. The second-order valence-corrected chi connectivity index (χ2v) is 6.90. The van der Waals surface area contributed by atoms with Gasteiger partial charge < -0.3 is 4.74 Å². The van der Waals surface area contributed by atoms with Gasteiger partial charge in [0.05, 0.1) is 18.8 Å². The Hall–Kier alpha value is -2.81. The lowest BCUT2D eigenvalue weighted by atomic mass is 10.2. The molecule has 9 heteroatoms. The Morgan fingerprint density at radius 2 is 1.83 bits per heavy atom. The van der Waals surface area contributed by atoms with Gasteiger partial charge in [-0.1, -0.05) is 11.6 Å². The number of carbonyl (C=O) groups excluding carboxylic acids is 1. The smallest absolute Gasteiger partial charge is 0.285 e. The second kappa shape index (κ2) is 8.28. The third kappa shape index (κ3) is 4.29. The third-order valence-corrected chi connectivity index (χ3v) is 4.74. The van der Waals surface area contributed by atoms with E-state index in [2.05, 4.69) is 10.4 Å². The van der Waals surface area contributed by atoms with Crippen molar-refractivity contribution in [3.63, 3.8) is 0 Å². The molecule has 1 aliphatic rings. The Morgan fingerprint density at radius 1 is 1.10 bits per heavy atom. The van der Waals surface area contributed by atoms with E-state index in [0.717, 1.165) is 12.1 Å². The maximum absolute atomic E-state index is 14.4. The van der Waals surface area contributed by atoms with Crippen molar-refractivity contribution in [2.75, 3.05) is 26.3 Å². The predicted molar refractivity (Wildman–Crippen MR) is 104 cm³/mol. The Balaban J connectivity index is 1.73. The molecule has 3 aromatic rings. The van der Waals surface area contributed by atoms with Crippen molar-refractivity contribution in [2.24, 2.45) is 0 Å². The van der Waals surface area contributed by atoms with Gasteiger partial charge in [0.2, 0.25) is 0 Å². The molecular formula is C20H17ClF2N4O2. The Kier molecular flexibility index (Phi) is 5.57. The Morgan fingerprint density at radius 3 is 2.52 bits per heavy atom. The number of benzene rings is 2. The van der Waals surface area contributed by atoms with Crippen LogP contribution < -0.4 is 5.43 Å². The van der Waals surface area contributed by atoms with Gasteiger partial charge in [-0.2, -0.15) is 0 Å². The Bertz CT molecular complexity index is 1030. The van der Waals surface area contributed by atoms with E-state index in [4.69, 9.17) is 16.3 Å². The lowest BCUT2D eigenvalue weighted by Gasteiger charge is -2.26. The topological polar surface area (TPSA) is 59.4 Å². The van der Waals surface area contributed by atoms with Crippen LogP contribution in [0.1, 0.15) is 10.5 Å². The van der Waals surface area contributed by atoms with Crippen molar-refractivity contribution in [3.05, 3.63) is 71.0 Å². The zero-order valence-electron chi connectivity index (χ0n) is 15.2. The maximum Gasteiger partial charge on any atom is 0.285 e. The first-order chi connectivity index (χ1) is 14.0. The zero-order chi connectivity index (χ0) is 20.4. The average molecular weight is 419 g/mol. The van der Waals surface area contributed by atoms with Crippen molar-refractivity contribution >= 4 is 17.5 Å². The molecule has 1 N–H and O–H groups in total. The number of nitrogens with one attached hydrogen (secondary N) is 1. The minimum atomic E-state index is -0.772. The zero-order valence-corrected chi connectivity index (χ0v) is 16.0. The van der Waals surface area contributed by atoms with Gasteiger partial charge in [0, 0.05) is 36.1 Å². The summed E-state index contributed by atoms with van der Waals surface area (Å²) in [5.74, 6) is -1.72. The van der Waals surface area contributed by atoms with Gasteiger partial charge in [-0.25, -0.2) is 18.8 Å². The molecule has 0 aliphatic carbocycles. The lowest BCUT2D eigenvalue weighted by Crippen LogP contribution is -2.48. The molecule has 150 valence electrons. The molecule has 0 saturated carbocycles. The quantitative estimate of drug-likeness (QED) is 0.705. The van der Waals surface area contributed by atoms with Gasteiger partial charge in [-0.15, -0.1) is 0 Å². The molecule has 0 unspecified atom stereocenters. The summed E-state index contributed by atoms with van der Waals surface area (Å²) in [6.45, 7) is 2.16. The fourth-order valence-electron chi connectivity index (χ4n) is 3.03. The number of aromatic nitrogens is 2. The fourth-order valence-corrected chi connectivity index (χ4v) is 3.15. The summed E-state index contributed by atoms with van der Waals surface area (Å²) in [5, 5.41) is 2.28. The monoisotopic (exact) mass is 418 g/mol. The molecule has 4 rings (SSSR count). The molecule has 0 radical (unpaired) electrons. The number of ether oxygens (including phenoxy) is 1. The minimum absolute atomic E-state index is 0.0757. The number of imidazole rings is 1. The summed E-state index contributed by atoms with van der Waals surface area (Å²) in [6, 6.07) is 10.0. The summed E-state index contributed by atoms with van der Waals surface area (Å²) in [6.07, 6.45) is 1.51. The van der Waals surface area contributed by atoms with Crippen LogP contribution in [0, 0.1) is 11.6 Å². The number of halogens is 3. The number of hydrazine groups is 1. The molecule has 0 spiro atoms. The van der Waals surface area contributed by atoms with E-state index in [0.29, 0.717) is 37.0 Å². The number of carbonyl (C=O) groups is 1. The predicted octanol–water partition coefficient (Wildman–Crippen LogP) is 3.45. The van der Waals surface area contributed by atoms with E-state index in [1.54, 1.807) is 33.8 Å². The first-order valence-corrected chi connectivity index (χ1v) is 9.33. The lowest BCUT2D eigenvalue weighted by molar-refractivity contribution is 0.0125. The van der Waals surface area contributed by atoms with Crippen molar-refractivity contribution in [2.45, 2.75) is 0 Å². The summed E-state index contributed by atoms with van der Waals surface area (Å²) in [4.78, 5) is 17.0. The molecule has 2 heterocycles. The molecule has 29 heavy (non-hydrogen) atoms. The van der Waals surface area contributed by atoms with Crippen molar-refractivity contribution < 1.29 is 18.3 Å². The van der Waals surface area contributed by atoms with E-state index < -0.39 is 17.5 Å². The molecule has 1 amide bonds. The second-order valence-electron chi connectivity index (χ2n) is 6.46. The number of amides is 1. The molecule has 2 aromatic carbocycles. The first kappa shape index (κ1) is 19.5. The number of hydrogen-bond donors (Lipinski definition) is 1. The highest BCUT2D eigenvalue weighted by molar-refractivity contribution is 6.30. The van der Waals surface area contributed by atoms with E-state index in [9.17, 15) is 13.6 Å². The highest BCUT2D eigenvalue weighted by Crippen LogP contribution is 2.27. The van der Waals surface area contributed by atoms with Crippen molar-refractivity contribution in [3.8, 4) is 17.1 Å². The van der Waals surface area contributed by atoms with E-state index >= 15 is 0 Å². The summed E-state index contributed by atoms with van der Waals surface area (Å²) in [5.41, 5.74) is 3.58. The fraction of sp³-hybridized carbons (Fsp3) is 0.200. The largest absolute Gasteiger partial charge is 0.379 e. The highest BCUT2D eigenvalue weighted by atomic mass is 35.5. The molecule has 1 saturated heterocycles. The van der Waals surface area contributed by atoms with Crippen LogP contribution in [-0.4, -0.2) is 46.8 Å². The SMILES string of the molecule is O=C(NN1CCOCC1)c1cn(-c2ccc(Cl)cc2)c(-c2ccc(F)cc2F)n1. The normalized spacial score (nSPS) is 14.7. The molecule has 1 aromatic heterocycles. The van der Waals surface area contributed by atoms with Crippen molar-refractivity contribution in [1.82, 2.24) is 20.0 Å². The van der Waals surface area contributed by atoms with Gasteiger partial charge in [0.15, 0.2) is 0 Å². The standard InChI is InChI=1S/C20H17ClF2N4O2/c21-13-1-4-15(5-2-13)27-12-18(20(28)25-26-7-9-29-10-8-26)24-19(27)16-6-3-14(22)11-17(16)23/h1-6,11-12H,7-10H2,(H,25,28). The number of rotatable bonds is 4. The van der Waals surface area contributed by atoms with Crippen LogP contribution in [0.2, 0.25) is 5.02 Å². The van der Waals surface area contributed by atoms with Crippen LogP contribution in [0.15, 0.2) is 48.7 Å². The maximum atomic E-state index is 14.4. The van der Waals surface area contributed by atoms with Gasteiger partial charge in [0.25, 0.3) is 5.91 Å². The number of morpholine rings is 1. The van der Waals surface area contributed by atoms with Crippen LogP contribution >= 0.6 is 11.6 Å². The molecule has 0 atom stereocenters. The first-order valence-electron chi connectivity index (χ1n) is 8.96. The highest BCUT2D eigenvalue weighted by Gasteiger charge is 2.21. The van der Waals surface area contributed by atoms with E-state index in [1.165, 1.54) is 12.3 Å². The summed E-state index contributed by atoms with van der Waals surface area (Å²) < 4.78 is 34.6. The third-order valence-electron chi connectivity index (χ3n) is 4.49. The van der Waals surface area contributed by atoms with Crippen LogP contribution in [0.4, 0.5) is 8.78 Å². The van der Waals surface area contributed by atoms with Gasteiger partial charge in [-0.05, 0) is 36.4 Å². The van der Waals surface area contributed by atoms with E-state index in [1.807, 2.05) is 0 Å². The molecule has 1 fully saturated rings. The van der Waals surface area contributed by atoms with Crippen molar-refractivity contribution in [1.29, 1.82) is 0 Å². The molecule has 1 aliphatic heterocycles. The van der Waals surface area contributed by atoms with Gasteiger partial charge in [0.1, 0.15) is 23.2 Å². The Labute approximate surface area is 170 Å². The van der Waals surface area contributed by atoms with Crippen LogP contribution in [0.5, 0.6) is 0 Å². The van der Waals surface area contributed by atoms with Crippen LogP contribution in [-0.2, 0) is 4.74 Å². The number of nitrogens with zero attached hydrogens (tertiary/aromatic N) is 3.